The maximum absolute atomic E-state index is 12.0. The zero-order chi connectivity index (χ0) is 14.7. The fourth-order valence-electron chi connectivity index (χ4n) is 1.83. The zero-order valence-corrected chi connectivity index (χ0v) is 12.5. The summed E-state index contributed by atoms with van der Waals surface area (Å²) in [5.74, 6) is -0.151. The number of nitrogens with one attached hydrogen (secondary N) is 1. The highest BCUT2D eigenvalue weighted by molar-refractivity contribution is 7.13. The van der Waals surface area contributed by atoms with Gasteiger partial charge in [-0.05, 0) is 20.8 Å². The number of carbonyl (C=O) groups is 1. The van der Waals surface area contributed by atoms with Crippen molar-refractivity contribution in [1.82, 2.24) is 19.9 Å². The molecule has 1 amide bonds. The van der Waals surface area contributed by atoms with E-state index in [0.717, 1.165) is 10.7 Å². The Hall–Kier alpha value is -2.02. The van der Waals surface area contributed by atoms with Crippen LogP contribution < -0.4 is 10.9 Å². The lowest BCUT2D eigenvalue weighted by atomic mass is 10.3. The van der Waals surface area contributed by atoms with E-state index in [1.807, 2.05) is 13.8 Å². The standard InChI is InChI=1S/C13H16N4O2S/c1-8-6-14-7-17(13(8)19)5-4-15-12(18)11-9(2)16-10(3)20-11/h6-7H,4-5H2,1-3H3,(H,15,18). The average molecular weight is 292 g/mol. The van der Waals surface area contributed by atoms with Crippen LogP contribution >= 0.6 is 11.3 Å². The Bertz CT molecular complexity index is 690. The smallest absolute Gasteiger partial charge is 0.263 e. The molecule has 0 spiro atoms. The van der Waals surface area contributed by atoms with Crippen LogP contribution in [0.15, 0.2) is 17.3 Å². The maximum atomic E-state index is 12.0. The van der Waals surface area contributed by atoms with Crippen LogP contribution in [0.25, 0.3) is 0 Å². The molecule has 0 aliphatic heterocycles. The largest absolute Gasteiger partial charge is 0.349 e. The Morgan fingerprint density at radius 1 is 1.40 bits per heavy atom. The number of amides is 1. The van der Waals surface area contributed by atoms with E-state index < -0.39 is 0 Å². The second-order valence-corrected chi connectivity index (χ2v) is 5.68. The molecular formula is C13H16N4O2S. The number of aromatic nitrogens is 3. The van der Waals surface area contributed by atoms with Gasteiger partial charge in [0.2, 0.25) is 0 Å². The van der Waals surface area contributed by atoms with Gasteiger partial charge in [-0.2, -0.15) is 0 Å². The quantitative estimate of drug-likeness (QED) is 0.914. The first-order valence-electron chi connectivity index (χ1n) is 6.22. The van der Waals surface area contributed by atoms with E-state index in [9.17, 15) is 9.59 Å². The highest BCUT2D eigenvalue weighted by Crippen LogP contribution is 2.16. The molecule has 0 aromatic carbocycles. The highest BCUT2D eigenvalue weighted by Gasteiger charge is 2.13. The average Bonchev–Trinajstić information content (AvgIpc) is 2.73. The minimum absolute atomic E-state index is 0.0842. The minimum Gasteiger partial charge on any atom is -0.349 e. The lowest BCUT2D eigenvalue weighted by Gasteiger charge is -2.07. The number of thiazole rings is 1. The highest BCUT2D eigenvalue weighted by atomic mass is 32.1. The maximum Gasteiger partial charge on any atom is 0.263 e. The fourth-order valence-corrected chi connectivity index (χ4v) is 2.67. The third-order valence-electron chi connectivity index (χ3n) is 2.82. The lowest BCUT2D eigenvalue weighted by molar-refractivity contribution is 0.0955. The summed E-state index contributed by atoms with van der Waals surface area (Å²) in [5.41, 5.74) is 1.24. The summed E-state index contributed by atoms with van der Waals surface area (Å²) in [6.07, 6.45) is 3.00. The van der Waals surface area contributed by atoms with Crippen molar-refractivity contribution in [3.05, 3.63) is 44.0 Å². The van der Waals surface area contributed by atoms with Crippen molar-refractivity contribution in [2.75, 3.05) is 6.54 Å². The van der Waals surface area contributed by atoms with Crippen molar-refractivity contribution < 1.29 is 4.79 Å². The summed E-state index contributed by atoms with van der Waals surface area (Å²) < 4.78 is 1.49. The summed E-state index contributed by atoms with van der Waals surface area (Å²) in [5, 5.41) is 3.66. The lowest BCUT2D eigenvalue weighted by Crippen LogP contribution is -2.31. The van der Waals surface area contributed by atoms with Gasteiger partial charge in [0.05, 0.1) is 17.0 Å². The van der Waals surface area contributed by atoms with E-state index in [1.165, 1.54) is 28.4 Å². The van der Waals surface area contributed by atoms with Gasteiger partial charge in [0.1, 0.15) is 4.88 Å². The van der Waals surface area contributed by atoms with Gasteiger partial charge in [0.15, 0.2) is 0 Å². The number of carbonyl (C=O) groups excluding carboxylic acids is 1. The van der Waals surface area contributed by atoms with E-state index in [-0.39, 0.29) is 11.5 Å². The molecule has 0 aliphatic rings. The topological polar surface area (TPSA) is 76.9 Å². The zero-order valence-electron chi connectivity index (χ0n) is 11.6. The van der Waals surface area contributed by atoms with Crippen LogP contribution in [-0.4, -0.2) is 27.0 Å². The molecule has 0 radical (unpaired) electrons. The second-order valence-electron chi connectivity index (χ2n) is 4.48. The number of aryl methyl sites for hydroxylation is 3. The van der Waals surface area contributed by atoms with Gasteiger partial charge < -0.3 is 5.32 Å². The monoisotopic (exact) mass is 292 g/mol. The van der Waals surface area contributed by atoms with Crippen molar-refractivity contribution in [3.8, 4) is 0 Å². The first kappa shape index (κ1) is 14.4. The SMILES string of the molecule is Cc1nc(C)c(C(=O)NCCn2cncc(C)c2=O)s1. The normalized spacial score (nSPS) is 10.6. The van der Waals surface area contributed by atoms with Crippen LogP contribution in [0.1, 0.15) is 25.9 Å². The molecule has 20 heavy (non-hydrogen) atoms. The van der Waals surface area contributed by atoms with Gasteiger partial charge in [-0.1, -0.05) is 0 Å². The Morgan fingerprint density at radius 3 is 2.80 bits per heavy atom. The molecule has 2 rings (SSSR count). The first-order valence-corrected chi connectivity index (χ1v) is 7.04. The van der Waals surface area contributed by atoms with E-state index in [1.54, 1.807) is 6.92 Å². The second kappa shape index (κ2) is 5.96. The van der Waals surface area contributed by atoms with Crippen molar-refractivity contribution in [2.45, 2.75) is 27.3 Å². The van der Waals surface area contributed by atoms with Gasteiger partial charge in [0.25, 0.3) is 11.5 Å². The van der Waals surface area contributed by atoms with Crippen molar-refractivity contribution in [1.29, 1.82) is 0 Å². The molecule has 0 atom stereocenters. The first-order chi connectivity index (χ1) is 9.49. The molecule has 6 nitrogen and oxygen atoms in total. The Balaban J connectivity index is 1.96. The summed E-state index contributed by atoms with van der Waals surface area (Å²) in [7, 11) is 0. The van der Waals surface area contributed by atoms with Gasteiger partial charge in [-0.3, -0.25) is 14.2 Å². The van der Waals surface area contributed by atoms with E-state index >= 15 is 0 Å². The van der Waals surface area contributed by atoms with Crippen LogP contribution in [0.5, 0.6) is 0 Å². The van der Waals surface area contributed by atoms with Crippen LogP contribution in [0.4, 0.5) is 0 Å². The number of rotatable bonds is 4. The molecule has 0 saturated carbocycles. The van der Waals surface area contributed by atoms with Gasteiger partial charge >= 0.3 is 0 Å². The predicted molar refractivity (Wildman–Crippen MR) is 77.2 cm³/mol. The number of hydrogen-bond donors (Lipinski definition) is 1. The molecule has 2 heterocycles. The third kappa shape index (κ3) is 3.11. The van der Waals surface area contributed by atoms with Crippen molar-refractivity contribution >= 4 is 17.2 Å². The van der Waals surface area contributed by atoms with Crippen LogP contribution in [-0.2, 0) is 6.54 Å². The van der Waals surface area contributed by atoms with Gasteiger partial charge in [-0.15, -0.1) is 11.3 Å². The molecule has 0 unspecified atom stereocenters. The summed E-state index contributed by atoms with van der Waals surface area (Å²) in [6, 6.07) is 0. The predicted octanol–water partition coefficient (Wildman–Crippen LogP) is 1.06. The van der Waals surface area contributed by atoms with Gasteiger partial charge in [-0.25, -0.2) is 9.97 Å². The molecule has 0 aliphatic carbocycles. The molecule has 0 saturated heterocycles. The summed E-state index contributed by atoms with van der Waals surface area (Å²) >= 11 is 1.37. The van der Waals surface area contributed by atoms with Crippen molar-refractivity contribution in [2.24, 2.45) is 0 Å². The molecule has 2 aromatic heterocycles. The van der Waals surface area contributed by atoms with Crippen LogP contribution in [0, 0.1) is 20.8 Å². The number of nitrogens with zero attached hydrogens (tertiary/aromatic N) is 3. The third-order valence-corrected chi connectivity index (χ3v) is 3.89. The molecule has 0 fully saturated rings. The fraction of sp³-hybridized carbons (Fsp3) is 0.385. The molecule has 2 aromatic rings. The van der Waals surface area contributed by atoms with E-state index in [4.69, 9.17) is 0 Å². The summed E-state index contributed by atoms with van der Waals surface area (Å²) in [4.78, 5) is 32.6. The minimum atomic E-state index is -0.151. The van der Waals surface area contributed by atoms with Gasteiger partial charge in [0, 0.05) is 24.8 Å². The summed E-state index contributed by atoms with van der Waals surface area (Å²) in [6.45, 7) is 6.17. The number of hydrogen-bond acceptors (Lipinski definition) is 5. The van der Waals surface area contributed by atoms with Crippen LogP contribution in [0.2, 0.25) is 0 Å². The van der Waals surface area contributed by atoms with Crippen molar-refractivity contribution in [3.63, 3.8) is 0 Å². The van der Waals surface area contributed by atoms with E-state index in [0.29, 0.717) is 23.5 Å². The Kier molecular flexibility index (Phi) is 4.29. The Morgan fingerprint density at radius 2 is 2.15 bits per heavy atom. The van der Waals surface area contributed by atoms with E-state index in [2.05, 4.69) is 15.3 Å². The molecule has 1 N–H and O–H groups in total. The molecule has 106 valence electrons. The molecule has 0 bridgehead atoms. The molecular weight excluding hydrogens is 276 g/mol. The van der Waals surface area contributed by atoms with Crippen LogP contribution in [0.3, 0.4) is 0 Å². The molecule has 7 heteroatoms. The Labute approximate surface area is 120 Å².